The number of carboxylic acids is 1. The third kappa shape index (κ3) is 4.28. The maximum absolute atomic E-state index is 12.2. The maximum Gasteiger partial charge on any atom is 0.321 e. The molecule has 1 aromatic carbocycles. The third-order valence-corrected chi connectivity index (χ3v) is 5.17. The Labute approximate surface area is 125 Å². The van der Waals surface area contributed by atoms with Crippen molar-refractivity contribution < 1.29 is 18.3 Å². The van der Waals surface area contributed by atoms with Gasteiger partial charge in [-0.25, -0.2) is 8.42 Å². The van der Waals surface area contributed by atoms with Gasteiger partial charge in [-0.1, -0.05) is 31.9 Å². The fourth-order valence-corrected chi connectivity index (χ4v) is 3.46. The normalized spacial score (nSPS) is 16.6. The first-order chi connectivity index (χ1) is 9.94. The van der Waals surface area contributed by atoms with Crippen molar-refractivity contribution in [2.24, 2.45) is 0 Å². The smallest absolute Gasteiger partial charge is 0.321 e. The molecule has 116 valence electrons. The molecule has 1 aliphatic rings. The van der Waals surface area contributed by atoms with Crippen LogP contribution in [-0.4, -0.2) is 25.5 Å². The number of benzene rings is 1. The molecular weight excluding hydrogens is 290 g/mol. The van der Waals surface area contributed by atoms with E-state index in [1.807, 2.05) is 19.1 Å². The minimum Gasteiger partial charge on any atom is -0.480 e. The second kappa shape index (κ2) is 6.58. The van der Waals surface area contributed by atoms with Crippen LogP contribution < -0.4 is 4.72 Å². The van der Waals surface area contributed by atoms with Crippen LogP contribution in [0.5, 0.6) is 0 Å². The fraction of sp³-hybridized carbons (Fsp3) is 0.533. The van der Waals surface area contributed by atoms with Gasteiger partial charge in [-0.2, -0.15) is 4.72 Å². The van der Waals surface area contributed by atoms with Crippen molar-refractivity contribution >= 4 is 16.0 Å². The molecule has 0 saturated heterocycles. The summed E-state index contributed by atoms with van der Waals surface area (Å²) in [5, 5.41) is 9.11. The number of nitrogens with one attached hydrogen (secondary N) is 1. The molecule has 0 aromatic heterocycles. The molecule has 5 nitrogen and oxygen atoms in total. The highest BCUT2D eigenvalue weighted by molar-refractivity contribution is 7.89. The first-order valence-electron chi connectivity index (χ1n) is 7.29. The summed E-state index contributed by atoms with van der Waals surface area (Å²) in [7, 11) is -3.79. The molecular formula is C15H21NO4S. The Hall–Kier alpha value is -1.40. The summed E-state index contributed by atoms with van der Waals surface area (Å²) in [4.78, 5) is 11.3. The van der Waals surface area contributed by atoms with E-state index in [2.05, 4.69) is 4.72 Å². The quantitative estimate of drug-likeness (QED) is 0.772. The van der Waals surface area contributed by atoms with Crippen LogP contribution in [0.3, 0.4) is 0 Å². The van der Waals surface area contributed by atoms with Crippen LogP contribution in [0.2, 0.25) is 0 Å². The molecule has 0 spiro atoms. The Morgan fingerprint density at radius 1 is 1.33 bits per heavy atom. The topological polar surface area (TPSA) is 83.5 Å². The van der Waals surface area contributed by atoms with Gasteiger partial charge in [0.25, 0.3) is 0 Å². The highest BCUT2D eigenvalue weighted by Gasteiger charge is 2.26. The number of rotatable bonds is 8. The van der Waals surface area contributed by atoms with Crippen LogP contribution in [0, 0.1) is 0 Å². The summed E-state index contributed by atoms with van der Waals surface area (Å²) in [5.74, 6) is -0.576. The molecule has 0 amide bonds. The lowest BCUT2D eigenvalue weighted by Gasteiger charge is -2.14. The van der Waals surface area contributed by atoms with Crippen molar-refractivity contribution in [2.45, 2.75) is 55.9 Å². The van der Waals surface area contributed by atoms with Gasteiger partial charge >= 0.3 is 5.97 Å². The molecule has 0 heterocycles. The zero-order valence-corrected chi connectivity index (χ0v) is 12.9. The third-order valence-electron chi connectivity index (χ3n) is 3.68. The van der Waals surface area contributed by atoms with Crippen molar-refractivity contribution in [3.63, 3.8) is 0 Å². The van der Waals surface area contributed by atoms with Crippen molar-refractivity contribution in [3.8, 4) is 0 Å². The van der Waals surface area contributed by atoms with Crippen molar-refractivity contribution in [2.75, 3.05) is 0 Å². The lowest BCUT2D eigenvalue weighted by Crippen LogP contribution is -2.40. The molecule has 0 unspecified atom stereocenters. The largest absolute Gasteiger partial charge is 0.480 e. The van der Waals surface area contributed by atoms with Crippen LogP contribution in [0.25, 0.3) is 0 Å². The molecule has 2 rings (SSSR count). The minimum atomic E-state index is -3.79. The lowest BCUT2D eigenvalue weighted by atomic mass is 10.1. The van der Waals surface area contributed by atoms with Crippen molar-refractivity contribution in [1.82, 2.24) is 4.72 Å². The van der Waals surface area contributed by atoms with Crippen molar-refractivity contribution in [1.29, 1.82) is 0 Å². The van der Waals surface area contributed by atoms with Crippen molar-refractivity contribution in [3.05, 3.63) is 29.8 Å². The number of hydrogen-bond acceptors (Lipinski definition) is 3. The fourth-order valence-electron chi connectivity index (χ4n) is 2.23. The number of aliphatic carboxylic acids is 1. The molecule has 0 aliphatic heterocycles. The van der Waals surface area contributed by atoms with Crippen LogP contribution in [0.4, 0.5) is 0 Å². The van der Waals surface area contributed by atoms with Crippen LogP contribution in [0.1, 0.15) is 50.5 Å². The second-order valence-electron chi connectivity index (χ2n) is 5.50. The van der Waals surface area contributed by atoms with Gasteiger partial charge in [0.2, 0.25) is 10.0 Å². The predicted molar refractivity (Wildman–Crippen MR) is 79.7 cm³/mol. The molecule has 1 atom stereocenters. The van der Waals surface area contributed by atoms with E-state index in [1.165, 1.54) is 0 Å². The molecule has 0 bridgehead atoms. The maximum atomic E-state index is 12.2. The number of hydrogen-bond donors (Lipinski definition) is 2. The minimum absolute atomic E-state index is 0.120. The zero-order chi connectivity index (χ0) is 15.5. The Bertz CT molecular complexity index is 591. The highest BCUT2D eigenvalue weighted by Crippen LogP contribution is 2.40. The summed E-state index contributed by atoms with van der Waals surface area (Å²) < 4.78 is 26.7. The van der Waals surface area contributed by atoms with E-state index in [1.54, 1.807) is 12.1 Å². The summed E-state index contributed by atoms with van der Waals surface area (Å²) in [6.07, 6.45) is 4.10. The molecule has 2 N–H and O–H groups in total. The van der Waals surface area contributed by atoms with Gasteiger partial charge in [0.05, 0.1) is 4.90 Å². The van der Waals surface area contributed by atoms with Gasteiger partial charge in [-0.3, -0.25) is 4.79 Å². The SMILES string of the molecule is CCCC[C@H](NS(=O)(=O)c1ccc(C2CC2)cc1)C(=O)O. The zero-order valence-electron chi connectivity index (χ0n) is 12.1. The average Bonchev–Trinajstić information content (AvgIpc) is 3.28. The second-order valence-corrected chi connectivity index (χ2v) is 7.21. The first kappa shape index (κ1) is 16.0. The Kier molecular flexibility index (Phi) is 5.00. The average molecular weight is 311 g/mol. The van der Waals surface area contributed by atoms with Gasteiger partial charge in [0.15, 0.2) is 0 Å². The van der Waals surface area contributed by atoms with Gasteiger partial charge < -0.3 is 5.11 Å². The molecule has 1 saturated carbocycles. The molecule has 6 heteroatoms. The lowest BCUT2D eigenvalue weighted by molar-refractivity contribution is -0.139. The monoisotopic (exact) mass is 311 g/mol. The molecule has 1 fully saturated rings. The van der Waals surface area contributed by atoms with Gasteiger partial charge in [0.1, 0.15) is 6.04 Å². The summed E-state index contributed by atoms with van der Waals surface area (Å²) in [6.45, 7) is 1.93. The molecule has 0 radical (unpaired) electrons. The number of unbranched alkanes of at least 4 members (excludes halogenated alkanes) is 1. The van der Waals surface area contributed by atoms with Gasteiger partial charge in [0, 0.05) is 0 Å². The Balaban J connectivity index is 2.09. The Morgan fingerprint density at radius 3 is 2.43 bits per heavy atom. The summed E-state index contributed by atoms with van der Waals surface area (Å²) in [5.41, 5.74) is 1.15. The number of carboxylic acid groups (broad SMARTS) is 1. The molecule has 1 aromatic rings. The standard InChI is InChI=1S/C15H21NO4S/c1-2-3-4-14(15(17)18)16-21(19,20)13-9-7-12(8-10-13)11-5-6-11/h7-11,14,16H,2-6H2,1H3,(H,17,18)/t14-/m0/s1. The number of sulfonamides is 1. The van der Waals surface area contributed by atoms with E-state index in [0.717, 1.165) is 24.8 Å². The Morgan fingerprint density at radius 2 is 1.95 bits per heavy atom. The van der Waals surface area contributed by atoms with Crippen LogP contribution in [-0.2, 0) is 14.8 Å². The molecule has 1 aliphatic carbocycles. The van der Waals surface area contributed by atoms with E-state index >= 15 is 0 Å². The van der Waals surface area contributed by atoms with Gasteiger partial charge in [-0.15, -0.1) is 0 Å². The number of carbonyl (C=O) groups is 1. The predicted octanol–water partition coefficient (Wildman–Crippen LogP) is 2.49. The summed E-state index contributed by atoms with van der Waals surface area (Å²) >= 11 is 0. The van der Waals surface area contributed by atoms with E-state index in [0.29, 0.717) is 18.8 Å². The van der Waals surface area contributed by atoms with E-state index in [9.17, 15) is 13.2 Å². The molecule has 21 heavy (non-hydrogen) atoms. The van der Waals surface area contributed by atoms with Gasteiger partial charge in [-0.05, 0) is 42.9 Å². The van der Waals surface area contributed by atoms with Crippen LogP contribution >= 0.6 is 0 Å². The van der Waals surface area contributed by atoms with E-state index in [4.69, 9.17) is 5.11 Å². The van der Waals surface area contributed by atoms with E-state index in [-0.39, 0.29) is 4.90 Å². The summed E-state index contributed by atoms with van der Waals surface area (Å²) in [6, 6.07) is 5.66. The van der Waals surface area contributed by atoms with E-state index < -0.39 is 22.0 Å². The first-order valence-corrected chi connectivity index (χ1v) is 8.77. The highest BCUT2D eigenvalue weighted by atomic mass is 32.2. The van der Waals surface area contributed by atoms with Crippen LogP contribution in [0.15, 0.2) is 29.2 Å².